The Morgan fingerprint density at radius 1 is 0.971 bits per heavy atom. The molecule has 0 saturated carbocycles. The predicted octanol–water partition coefficient (Wildman–Crippen LogP) is 5.39. The third-order valence-electron chi connectivity index (χ3n) is 5.66. The SMILES string of the molecule is CCN1c2cc(OC)c(OC)cc2C(C)=C(C(=O)Nc2ccccc2Sc2ccccc2)S1(=O)=O. The van der Waals surface area contributed by atoms with Gasteiger partial charge in [-0.25, -0.2) is 8.42 Å². The number of nitrogens with one attached hydrogen (secondary N) is 1. The molecule has 0 unspecified atom stereocenters. The Bertz CT molecular complexity index is 1400. The van der Waals surface area contributed by atoms with Gasteiger partial charge in [-0.3, -0.25) is 9.10 Å². The van der Waals surface area contributed by atoms with Crippen molar-refractivity contribution >= 4 is 44.6 Å². The molecular formula is C26H26N2O5S2. The highest BCUT2D eigenvalue weighted by atomic mass is 32.2. The van der Waals surface area contributed by atoms with Crippen LogP contribution in [0.3, 0.4) is 0 Å². The van der Waals surface area contributed by atoms with E-state index >= 15 is 0 Å². The van der Waals surface area contributed by atoms with Gasteiger partial charge in [0.1, 0.15) is 0 Å². The number of hydrogen-bond acceptors (Lipinski definition) is 6. The van der Waals surface area contributed by atoms with E-state index in [4.69, 9.17) is 9.47 Å². The Hall–Kier alpha value is -3.43. The minimum absolute atomic E-state index is 0.148. The molecule has 1 aliphatic rings. The van der Waals surface area contributed by atoms with E-state index in [1.54, 1.807) is 38.1 Å². The highest BCUT2D eigenvalue weighted by molar-refractivity contribution is 7.99. The van der Waals surface area contributed by atoms with Crippen LogP contribution in [-0.4, -0.2) is 35.1 Å². The first-order chi connectivity index (χ1) is 16.8. The highest BCUT2D eigenvalue weighted by Crippen LogP contribution is 2.45. The monoisotopic (exact) mass is 510 g/mol. The van der Waals surface area contributed by atoms with Crippen LogP contribution in [-0.2, 0) is 14.8 Å². The molecule has 3 aromatic carbocycles. The molecular weight excluding hydrogens is 484 g/mol. The molecule has 0 fully saturated rings. The van der Waals surface area contributed by atoms with E-state index in [1.807, 2.05) is 42.5 Å². The maximum absolute atomic E-state index is 13.6. The van der Waals surface area contributed by atoms with Crippen molar-refractivity contribution in [2.24, 2.45) is 0 Å². The average molecular weight is 511 g/mol. The largest absolute Gasteiger partial charge is 0.493 e. The van der Waals surface area contributed by atoms with Crippen molar-refractivity contribution in [3.8, 4) is 11.5 Å². The van der Waals surface area contributed by atoms with Crippen molar-refractivity contribution < 1.29 is 22.7 Å². The zero-order chi connectivity index (χ0) is 25.2. The summed E-state index contributed by atoms with van der Waals surface area (Å²) in [6, 6.07) is 20.4. The first kappa shape index (κ1) is 24.7. The Labute approximate surface area is 209 Å². The van der Waals surface area contributed by atoms with Crippen molar-refractivity contribution in [2.45, 2.75) is 23.6 Å². The lowest BCUT2D eigenvalue weighted by molar-refractivity contribution is -0.112. The molecule has 35 heavy (non-hydrogen) atoms. The van der Waals surface area contributed by atoms with Gasteiger partial charge in [0.05, 0.1) is 25.6 Å². The first-order valence-corrected chi connectivity index (χ1v) is 13.2. The Morgan fingerprint density at radius 3 is 2.26 bits per heavy atom. The Morgan fingerprint density at radius 2 is 1.60 bits per heavy atom. The number of hydrogen-bond donors (Lipinski definition) is 1. The second-order valence-electron chi connectivity index (χ2n) is 7.71. The molecule has 0 saturated heterocycles. The van der Waals surface area contributed by atoms with Crippen LogP contribution in [0.1, 0.15) is 19.4 Å². The van der Waals surface area contributed by atoms with E-state index in [9.17, 15) is 13.2 Å². The number of anilines is 2. The molecule has 0 atom stereocenters. The van der Waals surface area contributed by atoms with Gasteiger partial charge in [0.2, 0.25) is 0 Å². The van der Waals surface area contributed by atoms with Crippen LogP contribution in [0.25, 0.3) is 5.57 Å². The second-order valence-corrected chi connectivity index (χ2v) is 10.6. The van der Waals surface area contributed by atoms with Crippen LogP contribution in [0.15, 0.2) is 81.4 Å². The zero-order valence-electron chi connectivity index (χ0n) is 19.9. The lowest BCUT2D eigenvalue weighted by Gasteiger charge is -2.32. The summed E-state index contributed by atoms with van der Waals surface area (Å²) in [4.78, 5) is 15.0. The summed E-state index contributed by atoms with van der Waals surface area (Å²) in [5, 5.41) is 2.83. The maximum Gasteiger partial charge on any atom is 0.270 e. The number of ether oxygens (including phenoxy) is 2. The van der Waals surface area contributed by atoms with Gasteiger partial charge in [0.25, 0.3) is 15.9 Å². The van der Waals surface area contributed by atoms with Gasteiger partial charge in [0, 0.05) is 28.0 Å². The molecule has 1 aliphatic heterocycles. The smallest absolute Gasteiger partial charge is 0.270 e. The van der Waals surface area contributed by atoms with Crippen LogP contribution < -0.4 is 19.1 Å². The molecule has 182 valence electrons. The molecule has 1 heterocycles. The van der Waals surface area contributed by atoms with Crippen LogP contribution in [0, 0.1) is 0 Å². The van der Waals surface area contributed by atoms with E-state index < -0.39 is 15.9 Å². The summed E-state index contributed by atoms with van der Waals surface area (Å²) in [6.45, 7) is 3.50. The van der Waals surface area contributed by atoms with E-state index in [1.165, 1.54) is 30.3 Å². The lowest BCUT2D eigenvalue weighted by atomic mass is 10.0. The van der Waals surface area contributed by atoms with Gasteiger partial charge in [-0.1, -0.05) is 42.1 Å². The molecule has 0 radical (unpaired) electrons. The quantitative estimate of drug-likeness (QED) is 0.459. The van der Waals surface area contributed by atoms with Gasteiger partial charge >= 0.3 is 0 Å². The summed E-state index contributed by atoms with van der Waals surface area (Å²) in [5.41, 5.74) is 1.91. The minimum atomic E-state index is -4.11. The number of fused-ring (bicyclic) bond motifs is 1. The van der Waals surface area contributed by atoms with Crippen LogP contribution >= 0.6 is 11.8 Å². The number of methoxy groups -OCH3 is 2. The van der Waals surface area contributed by atoms with Crippen molar-refractivity contribution in [1.29, 1.82) is 0 Å². The topological polar surface area (TPSA) is 84.9 Å². The fourth-order valence-electron chi connectivity index (χ4n) is 4.01. The molecule has 1 N–H and O–H groups in total. The summed E-state index contributed by atoms with van der Waals surface area (Å²) in [6.07, 6.45) is 0. The number of sulfonamides is 1. The summed E-state index contributed by atoms with van der Waals surface area (Å²) >= 11 is 1.49. The van der Waals surface area contributed by atoms with Gasteiger partial charge in [-0.2, -0.15) is 0 Å². The van der Waals surface area contributed by atoms with Crippen molar-refractivity contribution in [1.82, 2.24) is 0 Å². The molecule has 3 aromatic rings. The van der Waals surface area contributed by atoms with Gasteiger partial charge < -0.3 is 14.8 Å². The third kappa shape index (κ3) is 4.61. The number of carbonyl (C=O) groups is 1. The molecule has 0 spiro atoms. The molecule has 0 aromatic heterocycles. The molecule has 9 heteroatoms. The summed E-state index contributed by atoms with van der Waals surface area (Å²) in [7, 11) is -1.12. The van der Waals surface area contributed by atoms with Crippen molar-refractivity contribution in [2.75, 3.05) is 30.4 Å². The number of carbonyl (C=O) groups excluding carboxylic acids is 1. The first-order valence-electron chi connectivity index (χ1n) is 10.9. The van der Waals surface area contributed by atoms with E-state index in [2.05, 4.69) is 5.32 Å². The minimum Gasteiger partial charge on any atom is -0.493 e. The summed E-state index contributed by atoms with van der Waals surface area (Å²) in [5.74, 6) is 0.167. The second kappa shape index (κ2) is 10.1. The maximum atomic E-state index is 13.6. The number of nitrogens with zero attached hydrogens (tertiary/aromatic N) is 1. The number of amides is 1. The highest BCUT2D eigenvalue weighted by Gasteiger charge is 2.39. The molecule has 4 rings (SSSR count). The fraction of sp³-hybridized carbons (Fsp3) is 0.192. The fourth-order valence-corrected chi connectivity index (χ4v) is 6.69. The predicted molar refractivity (Wildman–Crippen MR) is 140 cm³/mol. The molecule has 0 bridgehead atoms. The van der Waals surface area contributed by atoms with Gasteiger partial charge in [0.15, 0.2) is 16.4 Å². The van der Waals surface area contributed by atoms with Crippen LogP contribution in [0.2, 0.25) is 0 Å². The number of para-hydroxylation sites is 1. The summed E-state index contributed by atoms with van der Waals surface area (Å²) < 4.78 is 39.2. The molecule has 0 aliphatic carbocycles. The number of allylic oxidation sites excluding steroid dienone is 1. The Kier molecular flexibility index (Phi) is 7.09. The average Bonchev–Trinajstić information content (AvgIpc) is 2.85. The lowest BCUT2D eigenvalue weighted by Crippen LogP contribution is -2.39. The third-order valence-corrected chi connectivity index (χ3v) is 8.79. The van der Waals surface area contributed by atoms with E-state index in [0.29, 0.717) is 34.0 Å². The van der Waals surface area contributed by atoms with Gasteiger partial charge in [-0.15, -0.1) is 0 Å². The molecule has 1 amide bonds. The normalized spacial score (nSPS) is 14.3. The molecule has 7 nitrogen and oxygen atoms in total. The van der Waals surface area contributed by atoms with Crippen molar-refractivity contribution in [3.05, 3.63) is 77.2 Å². The number of benzene rings is 3. The van der Waals surface area contributed by atoms with Crippen LogP contribution in [0.4, 0.5) is 11.4 Å². The number of rotatable bonds is 7. The van der Waals surface area contributed by atoms with E-state index in [0.717, 1.165) is 9.79 Å². The zero-order valence-corrected chi connectivity index (χ0v) is 21.5. The van der Waals surface area contributed by atoms with Crippen LogP contribution in [0.5, 0.6) is 11.5 Å². The van der Waals surface area contributed by atoms with Crippen molar-refractivity contribution in [3.63, 3.8) is 0 Å². The standard InChI is InChI=1S/C26H26N2O5S2/c1-5-28-21-16-23(33-4)22(32-3)15-19(21)17(2)25(35(28,30)31)26(29)27-20-13-9-10-14-24(20)34-18-11-7-6-8-12-18/h6-16H,5H2,1-4H3,(H,27,29). The van der Waals surface area contributed by atoms with Gasteiger partial charge in [-0.05, 0) is 49.8 Å². The Balaban J connectivity index is 1.78. The van der Waals surface area contributed by atoms with E-state index in [-0.39, 0.29) is 11.4 Å².